The molecular weight excluding hydrogens is 501 g/mol. The molecule has 0 aromatic heterocycles. The van der Waals surface area contributed by atoms with Crippen LogP contribution in [0.1, 0.15) is 15.9 Å². The van der Waals surface area contributed by atoms with Gasteiger partial charge in [-0.2, -0.15) is 13.2 Å². The number of carbonyl (C=O) groups excluding carboxylic acids is 2. The van der Waals surface area contributed by atoms with Gasteiger partial charge in [-0.15, -0.1) is 0 Å². The van der Waals surface area contributed by atoms with Gasteiger partial charge in [-0.25, -0.2) is 0 Å². The molecule has 4 rings (SSSR count). The van der Waals surface area contributed by atoms with Crippen LogP contribution in [-0.2, 0) is 15.7 Å². The number of carbonyl (C=O) groups is 2. The van der Waals surface area contributed by atoms with Crippen molar-refractivity contribution in [1.82, 2.24) is 5.32 Å². The van der Waals surface area contributed by atoms with E-state index in [2.05, 4.69) is 20.9 Å². The molecule has 1 heterocycles. The lowest BCUT2D eigenvalue weighted by Crippen LogP contribution is -2.46. The highest BCUT2D eigenvalue weighted by Crippen LogP contribution is 2.32. The van der Waals surface area contributed by atoms with Gasteiger partial charge in [0.2, 0.25) is 5.91 Å². The van der Waals surface area contributed by atoms with Crippen LogP contribution in [0.4, 0.5) is 35.9 Å². The van der Waals surface area contributed by atoms with Gasteiger partial charge in [0.1, 0.15) is 6.04 Å². The molecule has 0 unspecified atom stereocenters. The molecule has 1 aliphatic rings. The van der Waals surface area contributed by atoms with Gasteiger partial charge in [-0.3, -0.25) is 9.59 Å². The largest absolute Gasteiger partial charge is 0.416 e. The van der Waals surface area contributed by atoms with Crippen molar-refractivity contribution in [3.8, 4) is 0 Å². The van der Waals surface area contributed by atoms with E-state index < -0.39 is 36.2 Å². The molecule has 3 aromatic rings. The first kappa shape index (κ1) is 27.0. The van der Waals surface area contributed by atoms with Gasteiger partial charge >= 0.3 is 6.18 Å². The number of para-hydroxylation sites is 1. The van der Waals surface area contributed by atoms with E-state index in [1.165, 1.54) is 24.3 Å². The smallest absolute Gasteiger partial charge is 0.394 e. The lowest BCUT2D eigenvalue weighted by Gasteiger charge is -2.29. The summed E-state index contributed by atoms with van der Waals surface area (Å²) in [5.41, 5.74) is 1.11. The average molecular weight is 529 g/mol. The SMILES string of the molecule is O=C(N[C@@H](CO)C(=O)Nc1ccc(N2CCOCC2)cc1)c1ccccc1Nc1cccc(C(F)(F)F)c1. The zero-order valence-corrected chi connectivity index (χ0v) is 20.3. The first-order chi connectivity index (χ1) is 18.2. The fourth-order valence-corrected chi connectivity index (χ4v) is 3.96. The van der Waals surface area contributed by atoms with E-state index in [9.17, 15) is 27.9 Å². The number of hydrogen-bond donors (Lipinski definition) is 4. The van der Waals surface area contributed by atoms with Crippen LogP contribution >= 0.6 is 0 Å². The summed E-state index contributed by atoms with van der Waals surface area (Å²) in [5, 5.41) is 17.8. The molecule has 0 bridgehead atoms. The minimum absolute atomic E-state index is 0.0889. The maximum atomic E-state index is 13.1. The standard InChI is InChI=1S/C27H27F3N4O4/c28-27(29,30)18-4-3-5-20(16-18)31-23-7-2-1-6-22(23)25(36)33-24(17-35)26(37)32-19-8-10-21(11-9-19)34-12-14-38-15-13-34/h1-11,16,24,31,35H,12-15,17H2,(H,32,37)(H,33,36)/t24-/m0/s1. The first-order valence-corrected chi connectivity index (χ1v) is 11.9. The molecule has 0 saturated carbocycles. The number of morpholine rings is 1. The lowest BCUT2D eigenvalue weighted by molar-refractivity contribution is -0.137. The Balaban J connectivity index is 1.41. The van der Waals surface area contributed by atoms with Crippen LogP contribution in [0.5, 0.6) is 0 Å². The van der Waals surface area contributed by atoms with Gasteiger partial charge in [0.15, 0.2) is 0 Å². The Morgan fingerprint density at radius 1 is 0.947 bits per heavy atom. The molecule has 11 heteroatoms. The molecule has 0 spiro atoms. The van der Waals surface area contributed by atoms with E-state index in [4.69, 9.17) is 4.74 Å². The van der Waals surface area contributed by atoms with Crippen molar-refractivity contribution in [2.45, 2.75) is 12.2 Å². The summed E-state index contributed by atoms with van der Waals surface area (Å²) in [6.45, 7) is 2.18. The molecule has 1 aliphatic heterocycles. The molecular formula is C27H27F3N4O4. The van der Waals surface area contributed by atoms with Crippen molar-refractivity contribution in [1.29, 1.82) is 0 Å². The molecule has 0 aliphatic carbocycles. The molecule has 1 atom stereocenters. The highest BCUT2D eigenvalue weighted by Gasteiger charge is 2.30. The minimum atomic E-state index is -4.51. The summed E-state index contributed by atoms with van der Waals surface area (Å²) in [6.07, 6.45) is -4.51. The number of anilines is 4. The normalized spacial score (nSPS) is 14.5. The van der Waals surface area contributed by atoms with Crippen LogP contribution in [0.3, 0.4) is 0 Å². The van der Waals surface area contributed by atoms with Gasteiger partial charge in [0.25, 0.3) is 5.91 Å². The Morgan fingerprint density at radius 3 is 2.34 bits per heavy atom. The van der Waals surface area contributed by atoms with E-state index in [-0.39, 0.29) is 16.9 Å². The fraction of sp³-hybridized carbons (Fsp3) is 0.259. The molecule has 3 aromatic carbocycles. The minimum Gasteiger partial charge on any atom is -0.394 e. The number of nitrogens with zero attached hydrogens (tertiary/aromatic N) is 1. The molecule has 0 radical (unpaired) electrons. The predicted molar refractivity (Wildman–Crippen MR) is 138 cm³/mol. The Morgan fingerprint density at radius 2 is 1.66 bits per heavy atom. The number of benzene rings is 3. The van der Waals surface area contributed by atoms with Crippen LogP contribution in [0, 0.1) is 0 Å². The second kappa shape index (κ2) is 12.0. The molecule has 1 saturated heterocycles. The number of aliphatic hydroxyl groups excluding tert-OH is 1. The van der Waals surface area contributed by atoms with Crippen molar-refractivity contribution in [3.63, 3.8) is 0 Å². The second-order valence-corrected chi connectivity index (χ2v) is 8.59. The molecule has 8 nitrogen and oxygen atoms in total. The third-order valence-electron chi connectivity index (χ3n) is 5.96. The Hall–Kier alpha value is -4.09. The number of rotatable bonds is 8. The summed E-state index contributed by atoms with van der Waals surface area (Å²) in [6, 6.07) is 16.7. The summed E-state index contributed by atoms with van der Waals surface area (Å²) in [4.78, 5) is 27.9. The first-order valence-electron chi connectivity index (χ1n) is 11.9. The molecule has 4 N–H and O–H groups in total. The molecule has 2 amide bonds. The summed E-state index contributed by atoms with van der Waals surface area (Å²) in [5.74, 6) is -1.31. The second-order valence-electron chi connectivity index (χ2n) is 8.59. The van der Waals surface area contributed by atoms with Crippen molar-refractivity contribution in [2.75, 3.05) is 48.4 Å². The van der Waals surface area contributed by atoms with E-state index in [0.29, 0.717) is 18.9 Å². The van der Waals surface area contributed by atoms with Crippen molar-refractivity contribution in [2.24, 2.45) is 0 Å². The Labute approximate surface area is 217 Å². The number of amides is 2. The summed E-state index contributed by atoms with van der Waals surface area (Å²) < 4.78 is 44.6. The quantitative estimate of drug-likeness (QED) is 0.352. The highest BCUT2D eigenvalue weighted by atomic mass is 19.4. The number of hydrogen-bond acceptors (Lipinski definition) is 6. The zero-order valence-electron chi connectivity index (χ0n) is 20.3. The van der Waals surface area contributed by atoms with Crippen LogP contribution in [0.25, 0.3) is 0 Å². The maximum absolute atomic E-state index is 13.1. The Bertz CT molecular complexity index is 1260. The number of nitrogens with one attached hydrogen (secondary N) is 3. The fourth-order valence-electron chi connectivity index (χ4n) is 3.96. The number of ether oxygens (including phenoxy) is 1. The zero-order chi connectivity index (χ0) is 27.1. The highest BCUT2D eigenvalue weighted by molar-refractivity contribution is 6.04. The van der Waals surface area contributed by atoms with E-state index in [1.54, 1.807) is 24.3 Å². The maximum Gasteiger partial charge on any atom is 0.416 e. The summed E-state index contributed by atoms with van der Waals surface area (Å²) in [7, 11) is 0. The van der Waals surface area contributed by atoms with Crippen molar-refractivity contribution in [3.05, 3.63) is 83.9 Å². The average Bonchev–Trinajstić information content (AvgIpc) is 2.92. The lowest BCUT2D eigenvalue weighted by atomic mass is 10.1. The van der Waals surface area contributed by atoms with Gasteiger partial charge in [-0.05, 0) is 54.6 Å². The van der Waals surface area contributed by atoms with Crippen molar-refractivity contribution < 1.29 is 32.6 Å². The van der Waals surface area contributed by atoms with Gasteiger partial charge in [-0.1, -0.05) is 18.2 Å². The third-order valence-corrected chi connectivity index (χ3v) is 5.96. The van der Waals surface area contributed by atoms with Crippen LogP contribution in [-0.4, -0.2) is 55.9 Å². The number of halogens is 3. The monoisotopic (exact) mass is 528 g/mol. The van der Waals surface area contributed by atoms with Crippen molar-refractivity contribution >= 4 is 34.6 Å². The number of alkyl halides is 3. The van der Waals surface area contributed by atoms with Crippen LogP contribution in [0.2, 0.25) is 0 Å². The predicted octanol–water partition coefficient (Wildman–Crippen LogP) is 4.02. The van der Waals surface area contributed by atoms with E-state index in [0.717, 1.165) is 30.9 Å². The van der Waals surface area contributed by atoms with Gasteiger partial charge in [0, 0.05) is 30.2 Å². The molecule has 1 fully saturated rings. The number of aliphatic hydroxyl groups is 1. The Kier molecular flexibility index (Phi) is 8.49. The van der Waals surface area contributed by atoms with Gasteiger partial charge in [0.05, 0.1) is 36.6 Å². The van der Waals surface area contributed by atoms with Gasteiger partial charge < -0.3 is 30.7 Å². The van der Waals surface area contributed by atoms with E-state index >= 15 is 0 Å². The topological polar surface area (TPSA) is 103 Å². The molecule has 200 valence electrons. The van der Waals surface area contributed by atoms with E-state index in [1.807, 2.05) is 12.1 Å². The summed E-state index contributed by atoms with van der Waals surface area (Å²) >= 11 is 0. The van der Waals surface area contributed by atoms with Crippen LogP contribution in [0.15, 0.2) is 72.8 Å². The van der Waals surface area contributed by atoms with Crippen LogP contribution < -0.4 is 20.9 Å². The molecule has 38 heavy (non-hydrogen) atoms. The third kappa shape index (κ3) is 6.81.